The van der Waals surface area contributed by atoms with Gasteiger partial charge in [-0.3, -0.25) is 0 Å². The monoisotopic (exact) mass is 474 g/mol. The third-order valence-corrected chi connectivity index (χ3v) is 6.94. The fourth-order valence-electron chi connectivity index (χ4n) is 5.08. The van der Waals surface area contributed by atoms with Gasteiger partial charge in [0.1, 0.15) is 28.8 Å². The topological polar surface area (TPSA) is 0 Å². The summed E-state index contributed by atoms with van der Waals surface area (Å²) in [4.78, 5) is 0. The van der Waals surface area contributed by atoms with E-state index in [0.29, 0.717) is 30.0 Å². The molecule has 0 nitrogen and oxygen atoms in total. The van der Waals surface area contributed by atoms with Crippen molar-refractivity contribution in [3.63, 3.8) is 0 Å². The van der Waals surface area contributed by atoms with Gasteiger partial charge < -0.3 is 0 Å². The van der Waals surface area contributed by atoms with Crippen LogP contribution in [0.4, 0.5) is 30.7 Å². The van der Waals surface area contributed by atoms with E-state index in [1.807, 2.05) is 0 Å². The molecule has 2 aromatic rings. The van der Waals surface area contributed by atoms with Crippen LogP contribution in [-0.2, 0) is 12.6 Å². The van der Waals surface area contributed by atoms with Crippen LogP contribution in [0.3, 0.4) is 0 Å². The lowest BCUT2D eigenvalue weighted by molar-refractivity contribution is -0.142. The summed E-state index contributed by atoms with van der Waals surface area (Å²) in [6, 6.07) is 2.84. The molecule has 0 N–H and O–H groups in total. The molecule has 0 heterocycles. The van der Waals surface area contributed by atoms with Gasteiger partial charge in [0.15, 0.2) is 0 Å². The minimum atomic E-state index is -5.25. The zero-order chi connectivity index (χ0) is 24.3. The smallest absolute Gasteiger partial charge is 0.206 e. The first kappa shape index (κ1) is 25.6. The maximum atomic E-state index is 14.7. The van der Waals surface area contributed by atoms with Crippen LogP contribution in [0.25, 0.3) is 11.1 Å². The molecule has 1 saturated carbocycles. The lowest BCUT2D eigenvalue weighted by Gasteiger charge is -2.32. The van der Waals surface area contributed by atoms with Crippen LogP contribution in [0.5, 0.6) is 0 Å². The fraction of sp³-hybridized carbons (Fsp3) is 0.538. The zero-order valence-electron chi connectivity index (χ0n) is 18.8. The lowest BCUT2D eigenvalue weighted by Crippen LogP contribution is -2.21. The van der Waals surface area contributed by atoms with Crippen molar-refractivity contribution < 1.29 is 30.7 Å². The second-order valence-electron chi connectivity index (χ2n) is 9.35. The molecule has 182 valence electrons. The Morgan fingerprint density at radius 3 is 1.88 bits per heavy atom. The summed E-state index contributed by atoms with van der Waals surface area (Å²) in [7, 11) is 0. The molecule has 1 atom stereocenters. The van der Waals surface area contributed by atoms with Gasteiger partial charge in [-0.1, -0.05) is 46.0 Å². The highest BCUT2D eigenvalue weighted by atomic mass is 19.4. The molecule has 0 spiro atoms. The largest absolute Gasteiger partial charge is 0.422 e. The van der Waals surface area contributed by atoms with E-state index < -0.39 is 46.1 Å². The zero-order valence-corrected chi connectivity index (χ0v) is 18.8. The molecule has 1 aliphatic rings. The SMILES string of the molecule is CCCCC1CCC(C(C)Cc2cc(F)c(-c3cc(F)c(C(F)(F)F)c(F)c3)c(F)c2)CC1. The number of unbranched alkanes of at least 4 members (excludes halogenated alkanes) is 1. The van der Waals surface area contributed by atoms with Crippen molar-refractivity contribution in [2.75, 3.05) is 0 Å². The Bertz CT molecular complexity index is 910. The quantitative estimate of drug-likeness (QED) is 0.351. The van der Waals surface area contributed by atoms with E-state index in [0.717, 1.165) is 30.9 Å². The summed E-state index contributed by atoms with van der Waals surface area (Å²) in [5, 5.41) is 0. The van der Waals surface area contributed by atoms with E-state index in [4.69, 9.17) is 0 Å². The summed E-state index contributed by atoms with van der Waals surface area (Å²) in [5.74, 6) is -4.51. The molecule has 0 saturated heterocycles. The summed E-state index contributed by atoms with van der Waals surface area (Å²) >= 11 is 0. The van der Waals surface area contributed by atoms with Crippen molar-refractivity contribution in [1.82, 2.24) is 0 Å². The van der Waals surface area contributed by atoms with E-state index >= 15 is 0 Å². The van der Waals surface area contributed by atoms with E-state index in [9.17, 15) is 30.7 Å². The second-order valence-corrected chi connectivity index (χ2v) is 9.35. The maximum absolute atomic E-state index is 14.7. The molecule has 0 amide bonds. The van der Waals surface area contributed by atoms with Crippen molar-refractivity contribution in [3.05, 3.63) is 58.7 Å². The van der Waals surface area contributed by atoms with Gasteiger partial charge in [0.2, 0.25) is 0 Å². The molecule has 3 rings (SSSR count). The normalized spacial score (nSPS) is 20.2. The Morgan fingerprint density at radius 2 is 1.39 bits per heavy atom. The highest BCUT2D eigenvalue weighted by molar-refractivity contribution is 5.66. The molecule has 1 aliphatic carbocycles. The minimum Gasteiger partial charge on any atom is -0.206 e. The van der Waals surface area contributed by atoms with Crippen LogP contribution in [-0.4, -0.2) is 0 Å². The minimum absolute atomic E-state index is 0.211. The molecule has 0 radical (unpaired) electrons. The summed E-state index contributed by atoms with van der Waals surface area (Å²) < 4.78 is 95.6. The fourth-order valence-corrected chi connectivity index (χ4v) is 5.08. The van der Waals surface area contributed by atoms with Gasteiger partial charge in [0, 0.05) is 0 Å². The number of halogens is 7. The first-order valence-corrected chi connectivity index (χ1v) is 11.6. The van der Waals surface area contributed by atoms with Crippen LogP contribution in [0.15, 0.2) is 24.3 Å². The summed E-state index contributed by atoms with van der Waals surface area (Å²) in [6.45, 7) is 4.24. The van der Waals surface area contributed by atoms with Gasteiger partial charge in [0.25, 0.3) is 0 Å². The van der Waals surface area contributed by atoms with Crippen LogP contribution in [0, 0.1) is 41.0 Å². The van der Waals surface area contributed by atoms with Crippen LogP contribution < -0.4 is 0 Å². The highest BCUT2D eigenvalue weighted by Gasteiger charge is 2.38. The standard InChI is InChI=1S/C26H29F7/c1-3-4-5-16-6-8-18(9-7-16)15(2)10-17-11-20(27)24(21(28)12-17)19-13-22(29)25(23(30)14-19)26(31,32)33/h11-16,18H,3-10H2,1-2H3. The molecular formula is C26H29F7. The van der Waals surface area contributed by atoms with Crippen molar-refractivity contribution in [2.45, 2.75) is 71.4 Å². The van der Waals surface area contributed by atoms with Crippen LogP contribution >= 0.6 is 0 Å². The number of rotatable bonds is 7. The molecular weight excluding hydrogens is 445 g/mol. The number of hydrogen-bond donors (Lipinski definition) is 0. The van der Waals surface area contributed by atoms with Crippen LogP contribution in [0.1, 0.15) is 69.9 Å². The Balaban J connectivity index is 1.75. The van der Waals surface area contributed by atoms with Gasteiger partial charge in [-0.25, -0.2) is 17.6 Å². The van der Waals surface area contributed by atoms with Crippen molar-refractivity contribution in [1.29, 1.82) is 0 Å². The van der Waals surface area contributed by atoms with Gasteiger partial charge >= 0.3 is 6.18 Å². The van der Waals surface area contributed by atoms with Crippen molar-refractivity contribution in [2.24, 2.45) is 17.8 Å². The van der Waals surface area contributed by atoms with Crippen LogP contribution in [0.2, 0.25) is 0 Å². The third-order valence-electron chi connectivity index (χ3n) is 6.94. The molecule has 7 heteroatoms. The second kappa shape index (κ2) is 10.5. The summed E-state index contributed by atoms with van der Waals surface area (Å²) in [5.41, 5.74) is -3.02. The van der Waals surface area contributed by atoms with Gasteiger partial charge in [-0.2, -0.15) is 13.2 Å². The molecule has 0 bridgehead atoms. The molecule has 1 unspecified atom stereocenters. The maximum Gasteiger partial charge on any atom is 0.422 e. The van der Waals surface area contributed by atoms with Crippen molar-refractivity contribution in [3.8, 4) is 11.1 Å². The van der Waals surface area contributed by atoms with E-state index in [1.165, 1.54) is 32.1 Å². The summed E-state index contributed by atoms with van der Waals surface area (Å²) in [6.07, 6.45) is 3.39. The molecule has 0 aromatic heterocycles. The number of alkyl halides is 3. The Labute approximate surface area is 190 Å². The average Bonchev–Trinajstić information content (AvgIpc) is 2.70. The molecule has 0 aliphatic heterocycles. The van der Waals surface area contributed by atoms with E-state index in [2.05, 4.69) is 13.8 Å². The van der Waals surface area contributed by atoms with Gasteiger partial charge in [0.05, 0.1) is 5.56 Å². The van der Waals surface area contributed by atoms with E-state index in [1.54, 1.807) is 0 Å². The van der Waals surface area contributed by atoms with Gasteiger partial charge in [-0.15, -0.1) is 0 Å². The first-order valence-electron chi connectivity index (χ1n) is 11.6. The predicted octanol–water partition coefficient (Wildman–Crippen LogP) is 9.10. The van der Waals surface area contributed by atoms with Crippen molar-refractivity contribution >= 4 is 0 Å². The molecule has 1 fully saturated rings. The molecule has 33 heavy (non-hydrogen) atoms. The van der Waals surface area contributed by atoms with E-state index in [-0.39, 0.29) is 5.92 Å². The lowest BCUT2D eigenvalue weighted by atomic mass is 9.73. The predicted molar refractivity (Wildman–Crippen MR) is 115 cm³/mol. The number of benzene rings is 2. The Morgan fingerprint density at radius 1 is 0.848 bits per heavy atom. The third kappa shape index (κ3) is 6.10. The Kier molecular flexibility index (Phi) is 8.12. The highest BCUT2D eigenvalue weighted by Crippen LogP contribution is 2.39. The van der Waals surface area contributed by atoms with Gasteiger partial charge in [-0.05, 0) is 72.4 Å². The first-order chi connectivity index (χ1) is 15.5. The molecule has 2 aromatic carbocycles. The average molecular weight is 475 g/mol. The Hall–Kier alpha value is -2.05. The number of hydrogen-bond acceptors (Lipinski definition) is 0.